The lowest BCUT2D eigenvalue weighted by Gasteiger charge is -2.36. The molecule has 0 bridgehead atoms. The molecule has 9 rings (SSSR count). The second-order valence-corrected chi connectivity index (χ2v) is 13.5. The third kappa shape index (κ3) is 5.11. The van der Waals surface area contributed by atoms with Gasteiger partial charge in [0, 0.05) is 34.5 Å². The molecule has 0 amide bonds. The lowest BCUT2D eigenvalue weighted by molar-refractivity contribution is 0.353. The number of nitrogens with zero attached hydrogens (tertiary/aromatic N) is 4. The third-order valence-corrected chi connectivity index (χ3v) is 10.6. The van der Waals surface area contributed by atoms with Crippen LogP contribution in [0, 0.1) is 11.3 Å². The van der Waals surface area contributed by atoms with E-state index in [9.17, 15) is 5.26 Å². The third-order valence-electron chi connectivity index (χ3n) is 10.6. The molecular formula is C46H34N4. The summed E-state index contributed by atoms with van der Waals surface area (Å²) in [7, 11) is 0. The fraction of sp³-hybridized carbons (Fsp3) is 0.130. The van der Waals surface area contributed by atoms with Crippen LogP contribution in [0.3, 0.4) is 0 Å². The normalized spacial score (nSPS) is 14.1. The van der Waals surface area contributed by atoms with Crippen molar-refractivity contribution in [1.29, 1.82) is 5.26 Å². The quantitative estimate of drug-likeness (QED) is 0.187. The minimum Gasteiger partial charge on any atom is -0.264 e. The van der Waals surface area contributed by atoms with E-state index in [1.807, 2.05) is 36.5 Å². The Morgan fingerprint density at radius 1 is 0.520 bits per heavy atom. The Balaban J connectivity index is 1.12. The molecule has 0 atom stereocenters. The monoisotopic (exact) mass is 642 g/mol. The number of benzene rings is 5. The maximum atomic E-state index is 9.78. The lowest BCUT2D eigenvalue weighted by atomic mass is 9.67. The van der Waals surface area contributed by atoms with Crippen LogP contribution in [0.1, 0.15) is 48.8 Å². The van der Waals surface area contributed by atoms with Crippen molar-refractivity contribution in [3.05, 3.63) is 163 Å². The Labute approximate surface area is 292 Å². The van der Waals surface area contributed by atoms with Crippen molar-refractivity contribution in [2.45, 2.75) is 37.5 Å². The molecule has 0 aliphatic heterocycles. The summed E-state index contributed by atoms with van der Waals surface area (Å²) < 4.78 is 0. The first-order valence-electron chi connectivity index (χ1n) is 17.4. The summed E-state index contributed by atoms with van der Waals surface area (Å²) in [5, 5.41) is 9.78. The summed E-state index contributed by atoms with van der Waals surface area (Å²) >= 11 is 0. The average Bonchev–Trinajstić information content (AvgIpc) is 3.46. The first kappa shape index (κ1) is 29.9. The van der Waals surface area contributed by atoms with E-state index < -0.39 is 0 Å². The molecule has 0 unspecified atom stereocenters. The number of hydrogen-bond donors (Lipinski definition) is 0. The van der Waals surface area contributed by atoms with Gasteiger partial charge in [-0.2, -0.15) is 5.26 Å². The molecule has 2 heterocycles. The van der Waals surface area contributed by atoms with Gasteiger partial charge in [-0.25, -0.2) is 9.97 Å². The van der Waals surface area contributed by atoms with Gasteiger partial charge in [0.15, 0.2) is 5.82 Å². The number of pyridine rings is 1. The molecule has 0 N–H and O–H groups in total. The van der Waals surface area contributed by atoms with E-state index in [0.29, 0.717) is 5.82 Å². The molecule has 2 aromatic heterocycles. The predicted molar refractivity (Wildman–Crippen MR) is 201 cm³/mol. The highest BCUT2D eigenvalue weighted by molar-refractivity contribution is 5.93. The first-order chi connectivity index (χ1) is 24.7. The second kappa shape index (κ2) is 12.4. The molecule has 2 aliphatic carbocycles. The van der Waals surface area contributed by atoms with Crippen molar-refractivity contribution in [2.75, 3.05) is 0 Å². The maximum absolute atomic E-state index is 9.78. The molecule has 2 aliphatic rings. The highest BCUT2D eigenvalue weighted by Gasteiger charge is 2.44. The van der Waals surface area contributed by atoms with Crippen molar-refractivity contribution in [2.24, 2.45) is 0 Å². The van der Waals surface area contributed by atoms with Gasteiger partial charge >= 0.3 is 0 Å². The first-order valence-corrected chi connectivity index (χ1v) is 17.4. The SMILES string of the molecule is N#Cc1ccc2c(c1)C1(CCCCC1)c1cccc(-c3ccc(-c4cc(-c5ccc(-c6cccnc6)cc5)nc(-c5ccccc5)n4)cc3)c1-2. The highest BCUT2D eigenvalue weighted by atomic mass is 14.9. The molecule has 4 nitrogen and oxygen atoms in total. The smallest absolute Gasteiger partial charge is 0.160 e. The number of hydrogen-bond acceptors (Lipinski definition) is 4. The Morgan fingerprint density at radius 3 is 1.88 bits per heavy atom. The van der Waals surface area contributed by atoms with Crippen molar-refractivity contribution in [1.82, 2.24) is 15.0 Å². The molecule has 4 heteroatoms. The van der Waals surface area contributed by atoms with Crippen LogP contribution in [0.2, 0.25) is 0 Å². The van der Waals surface area contributed by atoms with Crippen LogP contribution in [-0.2, 0) is 5.41 Å². The Morgan fingerprint density at radius 2 is 1.20 bits per heavy atom. The van der Waals surface area contributed by atoms with Gasteiger partial charge in [0.05, 0.1) is 23.0 Å². The Kier molecular flexibility index (Phi) is 7.40. The molecule has 0 radical (unpaired) electrons. The van der Waals surface area contributed by atoms with Crippen LogP contribution in [0.15, 0.2) is 146 Å². The van der Waals surface area contributed by atoms with E-state index >= 15 is 0 Å². The van der Waals surface area contributed by atoms with Crippen LogP contribution >= 0.6 is 0 Å². The summed E-state index contributed by atoms with van der Waals surface area (Å²) in [6.07, 6.45) is 9.66. The zero-order chi connectivity index (χ0) is 33.5. The van der Waals surface area contributed by atoms with E-state index in [-0.39, 0.29) is 5.41 Å². The van der Waals surface area contributed by atoms with Gasteiger partial charge in [-0.15, -0.1) is 0 Å². The summed E-state index contributed by atoms with van der Waals surface area (Å²) in [5.74, 6) is 0.700. The maximum Gasteiger partial charge on any atom is 0.160 e. The van der Waals surface area contributed by atoms with Crippen molar-refractivity contribution >= 4 is 0 Å². The van der Waals surface area contributed by atoms with Crippen LogP contribution in [0.4, 0.5) is 0 Å². The van der Waals surface area contributed by atoms with E-state index in [1.54, 1.807) is 6.20 Å². The molecule has 50 heavy (non-hydrogen) atoms. The van der Waals surface area contributed by atoms with Gasteiger partial charge in [-0.05, 0) is 81.6 Å². The zero-order valence-electron chi connectivity index (χ0n) is 27.7. The summed E-state index contributed by atoms with van der Waals surface area (Å²) in [5.41, 5.74) is 15.5. The Bertz CT molecular complexity index is 2380. The molecule has 1 saturated carbocycles. The molecule has 5 aromatic carbocycles. The summed E-state index contributed by atoms with van der Waals surface area (Å²) in [6.45, 7) is 0. The Hall–Kier alpha value is -6.18. The standard InChI is InChI=1S/C46H34N4/c47-29-31-14-23-39-41(27-31)46(24-5-2-6-25-46)40-13-7-12-38(44(39)40)33-17-21-35(22-18-33)43-28-42(49-45(50-43)36-9-3-1-4-10-36)34-19-15-32(16-20-34)37-11-8-26-48-30-37/h1,3-4,7-23,26-28,30H,2,5-6,24-25H2. The number of nitriles is 1. The van der Waals surface area contributed by atoms with Crippen molar-refractivity contribution < 1.29 is 0 Å². The van der Waals surface area contributed by atoms with Crippen molar-refractivity contribution in [3.63, 3.8) is 0 Å². The minimum absolute atomic E-state index is 0.00683. The predicted octanol–water partition coefficient (Wildman–Crippen LogP) is 11.3. The van der Waals surface area contributed by atoms with Crippen LogP contribution in [0.5, 0.6) is 0 Å². The number of rotatable bonds is 5. The van der Waals surface area contributed by atoms with E-state index in [1.165, 1.54) is 52.6 Å². The van der Waals surface area contributed by atoms with Gasteiger partial charge in [0.25, 0.3) is 0 Å². The summed E-state index contributed by atoms with van der Waals surface area (Å²) in [4.78, 5) is 14.4. The molecule has 0 saturated heterocycles. The van der Waals surface area contributed by atoms with Crippen molar-refractivity contribution in [3.8, 4) is 73.4 Å². The van der Waals surface area contributed by atoms with Gasteiger partial charge in [0.1, 0.15) is 0 Å². The van der Waals surface area contributed by atoms with Crippen LogP contribution in [-0.4, -0.2) is 15.0 Å². The topological polar surface area (TPSA) is 62.5 Å². The van der Waals surface area contributed by atoms with E-state index in [2.05, 4.69) is 114 Å². The summed E-state index contributed by atoms with van der Waals surface area (Å²) in [6, 6.07) is 49.2. The van der Waals surface area contributed by atoms with Gasteiger partial charge in [0.2, 0.25) is 0 Å². The van der Waals surface area contributed by atoms with Crippen LogP contribution in [0.25, 0.3) is 67.3 Å². The fourth-order valence-corrected chi connectivity index (χ4v) is 8.20. The lowest BCUT2D eigenvalue weighted by Crippen LogP contribution is -2.28. The molecule has 238 valence electrons. The molecular weight excluding hydrogens is 609 g/mol. The van der Waals surface area contributed by atoms with Gasteiger partial charge in [-0.1, -0.05) is 128 Å². The average molecular weight is 643 g/mol. The van der Waals surface area contributed by atoms with E-state index in [4.69, 9.17) is 9.97 Å². The largest absolute Gasteiger partial charge is 0.264 e. The number of aromatic nitrogens is 3. The highest BCUT2D eigenvalue weighted by Crippen LogP contribution is 2.58. The minimum atomic E-state index is -0.00683. The van der Waals surface area contributed by atoms with E-state index in [0.717, 1.165) is 57.6 Å². The van der Waals surface area contributed by atoms with Gasteiger partial charge < -0.3 is 0 Å². The molecule has 1 fully saturated rings. The molecule has 1 spiro atoms. The van der Waals surface area contributed by atoms with Crippen LogP contribution < -0.4 is 0 Å². The second-order valence-electron chi connectivity index (χ2n) is 13.5. The number of fused-ring (bicyclic) bond motifs is 5. The van der Waals surface area contributed by atoms with Gasteiger partial charge in [-0.3, -0.25) is 4.98 Å². The zero-order valence-corrected chi connectivity index (χ0v) is 27.7. The fourth-order valence-electron chi connectivity index (χ4n) is 8.20. The molecule has 7 aromatic rings.